The first-order valence-electron chi connectivity index (χ1n) is 7.66. The van der Waals surface area contributed by atoms with Crippen LogP contribution in [0.5, 0.6) is 0 Å². The van der Waals surface area contributed by atoms with Crippen LogP contribution in [-0.4, -0.2) is 48.0 Å². The highest BCUT2D eigenvalue weighted by atomic mass is 32.1. The zero-order valence-corrected chi connectivity index (χ0v) is 14.4. The molecule has 0 spiro atoms. The zero-order valence-electron chi connectivity index (χ0n) is 13.6. The van der Waals surface area contributed by atoms with Gasteiger partial charge in [0.15, 0.2) is 0 Å². The molecule has 2 aromatic heterocycles. The van der Waals surface area contributed by atoms with Gasteiger partial charge in [-0.1, -0.05) is 0 Å². The first kappa shape index (κ1) is 16.7. The average Bonchev–Trinajstić information content (AvgIpc) is 3.21. The van der Waals surface area contributed by atoms with Gasteiger partial charge in [0.05, 0.1) is 19.2 Å². The summed E-state index contributed by atoms with van der Waals surface area (Å²) in [4.78, 5) is 30.2. The molecule has 128 valence electrons. The predicted octanol–water partition coefficient (Wildman–Crippen LogP) is 1.58. The lowest BCUT2D eigenvalue weighted by Gasteiger charge is -2.33. The largest absolute Gasteiger partial charge is 0.469 e. The van der Waals surface area contributed by atoms with Gasteiger partial charge in [0, 0.05) is 30.6 Å². The summed E-state index contributed by atoms with van der Waals surface area (Å²) in [7, 11) is 1.32. The van der Waals surface area contributed by atoms with Crippen molar-refractivity contribution in [3.8, 4) is 11.5 Å². The van der Waals surface area contributed by atoms with Crippen LogP contribution >= 0.6 is 11.3 Å². The summed E-state index contributed by atoms with van der Waals surface area (Å²) in [5.74, 6) is 0.734. The van der Waals surface area contributed by atoms with Crippen molar-refractivity contribution in [3.63, 3.8) is 0 Å². The van der Waals surface area contributed by atoms with Crippen LogP contribution in [0.4, 0.5) is 0 Å². The summed E-state index contributed by atoms with van der Waals surface area (Å²) in [6, 6.07) is 1.40. The van der Waals surface area contributed by atoms with E-state index < -0.39 is 12.0 Å². The summed E-state index contributed by atoms with van der Waals surface area (Å²) in [5, 5.41) is 6.73. The maximum atomic E-state index is 12.1. The van der Waals surface area contributed by atoms with E-state index in [1.54, 1.807) is 11.3 Å². The van der Waals surface area contributed by atoms with E-state index in [9.17, 15) is 9.59 Å². The third-order valence-corrected chi connectivity index (χ3v) is 4.73. The van der Waals surface area contributed by atoms with Gasteiger partial charge in [-0.15, -0.1) is 0 Å². The summed E-state index contributed by atoms with van der Waals surface area (Å²) >= 11 is 1.58. The molecule has 2 aromatic rings. The molecule has 1 fully saturated rings. The Morgan fingerprint density at radius 2 is 2.42 bits per heavy atom. The lowest BCUT2D eigenvalue weighted by atomic mass is 10.1. The molecule has 7 nitrogen and oxygen atoms in total. The summed E-state index contributed by atoms with van der Waals surface area (Å²) in [5.41, 5.74) is 1.72. The van der Waals surface area contributed by atoms with Crippen molar-refractivity contribution in [2.24, 2.45) is 0 Å². The molecule has 3 rings (SSSR count). The fourth-order valence-corrected chi connectivity index (χ4v) is 3.32. The zero-order chi connectivity index (χ0) is 17.1. The molecule has 1 N–H and O–H groups in total. The third-order valence-electron chi connectivity index (χ3n) is 4.04. The Balaban J connectivity index is 1.78. The fourth-order valence-electron chi connectivity index (χ4n) is 2.69. The second-order valence-corrected chi connectivity index (χ2v) is 6.37. The van der Waals surface area contributed by atoms with Crippen LogP contribution in [0.1, 0.15) is 17.9 Å². The number of carbonyl (C=O) groups excluding carboxylic acids is 2. The quantitative estimate of drug-likeness (QED) is 0.825. The van der Waals surface area contributed by atoms with Crippen LogP contribution in [0.2, 0.25) is 0 Å². The van der Waals surface area contributed by atoms with Gasteiger partial charge in [0.2, 0.25) is 11.8 Å². The van der Waals surface area contributed by atoms with Gasteiger partial charge in [-0.2, -0.15) is 11.3 Å². The number of oxazole rings is 1. The molecule has 1 aliphatic heterocycles. The number of thiophene rings is 1. The van der Waals surface area contributed by atoms with Gasteiger partial charge in [-0.3, -0.25) is 14.5 Å². The number of nitrogens with one attached hydrogen (secondary N) is 1. The lowest BCUT2D eigenvalue weighted by Crippen LogP contribution is -2.55. The van der Waals surface area contributed by atoms with Gasteiger partial charge in [0.25, 0.3) is 0 Å². The van der Waals surface area contributed by atoms with Crippen molar-refractivity contribution >= 4 is 23.2 Å². The van der Waals surface area contributed by atoms with E-state index in [-0.39, 0.29) is 12.3 Å². The highest BCUT2D eigenvalue weighted by Crippen LogP contribution is 2.25. The van der Waals surface area contributed by atoms with Gasteiger partial charge in [-0.25, -0.2) is 4.98 Å². The Morgan fingerprint density at radius 3 is 3.12 bits per heavy atom. The van der Waals surface area contributed by atoms with E-state index in [1.165, 1.54) is 7.11 Å². The minimum atomic E-state index is -0.549. The first-order chi connectivity index (χ1) is 11.6. The number of aryl methyl sites for hydroxylation is 1. The third kappa shape index (κ3) is 3.49. The molecule has 0 bridgehead atoms. The minimum absolute atomic E-state index is 0.0244. The topological polar surface area (TPSA) is 84.7 Å². The number of aromatic nitrogens is 1. The Hall–Kier alpha value is -2.19. The highest BCUT2D eigenvalue weighted by Gasteiger charge is 2.33. The number of carbonyl (C=O) groups is 2. The van der Waals surface area contributed by atoms with Gasteiger partial charge in [0.1, 0.15) is 11.8 Å². The lowest BCUT2D eigenvalue weighted by molar-refractivity contribution is -0.146. The maximum absolute atomic E-state index is 12.1. The van der Waals surface area contributed by atoms with E-state index in [4.69, 9.17) is 9.15 Å². The number of methoxy groups -OCH3 is 1. The van der Waals surface area contributed by atoms with E-state index in [2.05, 4.69) is 10.3 Å². The molecule has 0 unspecified atom stereocenters. The summed E-state index contributed by atoms with van der Waals surface area (Å²) in [6.07, 6.45) is 0.0244. The number of hydrogen-bond acceptors (Lipinski definition) is 7. The number of rotatable bonds is 5. The van der Waals surface area contributed by atoms with E-state index in [0.29, 0.717) is 25.5 Å². The van der Waals surface area contributed by atoms with Crippen molar-refractivity contribution < 1.29 is 18.7 Å². The van der Waals surface area contributed by atoms with Crippen LogP contribution in [-0.2, 0) is 20.9 Å². The van der Waals surface area contributed by atoms with Crippen molar-refractivity contribution in [2.45, 2.75) is 25.9 Å². The number of amides is 1. The SMILES string of the molecule is COC(=O)C[C@@H]1C(=O)NCCN1Cc1nc(-c2ccsc2)oc1C. The normalized spacial score (nSPS) is 18.4. The van der Waals surface area contributed by atoms with Gasteiger partial charge in [-0.05, 0) is 18.4 Å². The van der Waals surface area contributed by atoms with Crippen molar-refractivity contribution in [1.82, 2.24) is 15.2 Å². The maximum Gasteiger partial charge on any atom is 0.307 e. The Labute approximate surface area is 143 Å². The number of nitrogens with zero attached hydrogens (tertiary/aromatic N) is 2. The molecule has 0 radical (unpaired) electrons. The van der Waals surface area contributed by atoms with E-state index in [1.807, 2.05) is 28.7 Å². The Morgan fingerprint density at radius 1 is 1.58 bits per heavy atom. The molecule has 0 saturated carbocycles. The molecule has 0 aliphatic carbocycles. The molecule has 1 saturated heterocycles. The molecule has 1 amide bonds. The number of ether oxygens (including phenoxy) is 1. The molecule has 0 aromatic carbocycles. The van der Waals surface area contributed by atoms with Crippen LogP contribution in [0.25, 0.3) is 11.5 Å². The van der Waals surface area contributed by atoms with Crippen LogP contribution in [0, 0.1) is 6.92 Å². The van der Waals surface area contributed by atoms with E-state index in [0.717, 1.165) is 17.0 Å². The number of piperazine rings is 1. The first-order valence-corrected chi connectivity index (χ1v) is 8.60. The fraction of sp³-hybridized carbons (Fsp3) is 0.438. The van der Waals surface area contributed by atoms with Gasteiger partial charge >= 0.3 is 5.97 Å². The van der Waals surface area contributed by atoms with Crippen molar-refractivity contribution in [3.05, 3.63) is 28.3 Å². The number of esters is 1. The summed E-state index contributed by atoms with van der Waals surface area (Å²) < 4.78 is 10.4. The molecule has 1 aliphatic rings. The Bertz CT molecular complexity index is 726. The van der Waals surface area contributed by atoms with Crippen LogP contribution in [0.15, 0.2) is 21.2 Å². The van der Waals surface area contributed by atoms with Gasteiger partial charge < -0.3 is 14.5 Å². The average molecular weight is 349 g/mol. The second-order valence-electron chi connectivity index (χ2n) is 5.59. The Kier molecular flexibility index (Phi) is 4.96. The molecule has 3 heterocycles. The second kappa shape index (κ2) is 7.14. The van der Waals surface area contributed by atoms with Crippen molar-refractivity contribution in [2.75, 3.05) is 20.2 Å². The predicted molar refractivity (Wildman–Crippen MR) is 88.4 cm³/mol. The number of hydrogen-bond donors (Lipinski definition) is 1. The monoisotopic (exact) mass is 349 g/mol. The van der Waals surface area contributed by atoms with E-state index >= 15 is 0 Å². The molecule has 1 atom stereocenters. The molecule has 8 heteroatoms. The highest BCUT2D eigenvalue weighted by molar-refractivity contribution is 7.08. The molecule has 24 heavy (non-hydrogen) atoms. The summed E-state index contributed by atoms with van der Waals surface area (Å²) in [6.45, 7) is 3.50. The van der Waals surface area contributed by atoms with Crippen LogP contribution in [0.3, 0.4) is 0 Å². The smallest absolute Gasteiger partial charge is 0.307 e. The van der Waals surface area contributed by atoms with Crippen LogP contribution < -0.4 is 5.32 Å². The minimum Gasteiger partial charge on any atom is -0.469 e. The molecular weight excluding hydrogens is 330 g/mol. The van der Waals surface area contributed by atoms with Crippen molar-refractivity contribution in [1.29, 1.82) is 0 Å². The standard InChI is InChI=1S/C16H19N3O4S/c1-10-12(18-16(23-10)11-3-6-24-9-11)8-19-5-4-17-15(21)13(19)7-14(20)22-2/h3,6,9,13H,4-5,7-8H2,1-2H3,(H,17,21)/t13-/m1/s1. The molecular formula is C16H19N3O4S.